The predicted molar refractivity (Wildman–Crippen MR) is 92.6 cm³/mol. The number of nitrogens with one attached hydrogen (secondary N) is 1. The van der Waals surface area contributed by atoms with Crippen LogP contribution in [0.25, 0.3) is 0 Å². The Morgan fingerprint density at radius 1 is 1.04 bits per heavy atom. The van der Waals surface area contributed by atoms with Gasteiger partial charge in [0, 0.05) is 6.54 Å². The van der Waals surface area contributed by atoms with Crippen molar-refractivity contribution in [1.29, 1.82) is 0 Å². The van der Waals surface area contributed by atoms with Crippen molar-refractivity contribution in [2.75, 3.05) is 5.32 Å². The van der Waals surface area contributed by atoms with Crippen molar-refractivity contribution >= 4 is 5.95 Å². The molecule has 6 heteroatoms. The molecule has 6 nitrogen and oxygen atoms in total. The number of tetrazole rings is 1. The van der Waals surface area contributed by atoms with Crippen LogP contribution in [0.15, 0.2) is 67.3 Å². The SMILES string of the molecule is C=CCn1nnnc1NCc1ccc(OCc2ccccc2)cc1. The Morgan fingerprint density at radius 3 is 2.58 bits per heavy atom. The fourth-order valence-corrected chi connectivity index (χ4v) is 2.20. The van der Waals surface area contributed by atoms with Gasteiger partial charge in [-0.3, -0.25) is 0 Å². The van der Waals surface area contributed by atoms with E-state index in [1.165, 1.54) is 0 Å². The zero-order chi connectivity index (χ0) is 16.6. The maximum atomic E-state index is 5.78. The molecule has 0 saturated heterocycles. The minimum absolute atomic E-state index is 0.564. The molecule has 3 rings (SSSR count). The van der Waals surface area contributed by atoms with Crippen molar-refractivity contribution < 1.29 is 4.74 Å². The van der Waals surface area contributed by atoms with Crippen LogP contribution in [0.2, 0.25) is 0 Å². The number of anilines is 1. The second-order valence-electron chi connectivity index (χ2n) is 5.25. The van der Waals surface area contributed by atoms with Gasteiger partial charge in [-0.05, 0) is 33.7 Å². The van der Waals surface area contributed by atoms with Gasteiger partial charge in [-0.1, -0.05) is 53.6 Å². The number of benzene rings is 2. The summed E-state index contributed by atoms with van der Waals surface area (Å²) in [4.78, 5) is 0. The van der Waals surface area contributed by atoms with Gasteiger partial charge in [-0.25, -0.2) is 4.68 Å². The zero-order valence-electron chi connectivity index (χ0n) is 13.3. The molecule has 0 unspecified atom stereocenters. The number of aromatic nitrogens is 4. The lowest BCUT2D eigenvalue weighted by molar-refractivity contribution is 0.306. The molecule has 3 aromatic rings. The topological polar surface area (TPSA) is 64.9 Å². The Morgan fingerprint density at radius 2 is 1.83 bits per heavy atom. The Bertz CT molecular complexity index is 768. The zero-order valence-corrected chi connectivity index (χ0v) is 13.3. The number of ether oxygens (including phenoxy) is 1. The van der Waals surface area contributed by atoms with Gasteiger partial charge >= 0.3 is 0 Å². The van der Waals surface area contributed by atoms with Crippen molar-refractivity contribution in [3.05, 3.63) is 78.4 Å². The van der Waals surface area contributed by atoms with Crippen molar-refractivity contribution in [3.8, 4) is 5.75 Å². The summed E-state index contributed by atoms with van der Waals surface area (Å²) in [6.07, 6.45) is 1.75. The highest BCUT2D eigenvalue weighted by Crippen LogP contribution is 2.15. The van der Waals surface area contributed by atoms with Crippen LogP contribution in [0.5, 0.6) is 5.75 Å². The van der Waals surface area contributed by atoms with E-state index in [2.05, 4.69) is 27.4 Å². The molecule has 1 N–H and O–H groups in total. The molecule has 0 atom stereocenters. The highest BCUT2D eigenvalue weighted by atomic mass is 16.5. The molecule has 0 aliphatic carbocycles. The first kappa shape index (κ1) is 15.7. The van der Waals surface area contributed by atoms with E-state index in [1.54, 1.807) is 10.8 Å². The first-order valence-electron chi connectivity index (χ1n) is 7.72. The number of allylic oxidation sites excluding steroid dienone is 1. The normalized spacial score (nSPS) is 10.3. The minimum atomic E-state index is 0.564. The molecule has 1 heterocycles. The van der Waals surface area contributed by atoms with Gasteiger partial charge in [0.1, 0.15) is 12.4 Å². The smallest absolute Gasteiger partial charge is 0.243 e. The molecule has 0 amide bonds. The van der Waals surface area contributed by atoms with E-state index in [-0.39, 0.29) is 0 Å². The van der Waals surface area contributed by atoms with E-state index in [0.29, 0.717) is 25.6 Å². The summed E-state index contributed by atoms with van der Waals surface area (Å²) in [6.45, 7) is 5.46. The summed E-state index contributed by atoms with van der Waals surface area (Å²) < 4.78 is 7.44. The van der Waals surface area contributed by atoms with E-state index in [0.717, 1.165) is 16.9 Å². The van der Waals surface area contributed by atoms with Crippen LogP contribution in [0.1, 0.15) is 11.1 Å². The lowest BCUT2D eigenvalue weighted by atomic mass is 10.2. The lowest BCUT2D eigenvalue weighted by Crippen LogP contribution is -2.08. The average molecular weight is 321 g/mol. The summed E-state index contributed by atoms with van der Waals surface area (Å²) in [5, 5.41) is 14.7. The third-order valence-corrected chi connectivity index (χ3v) is 3.46. The maximum Gasteiger partial charge on any atom is 0.243 e. The Labute approximate surface area is 140 Å². The minimum Gasteiger partial charge on any atom is -0.489 e. The molecule has 0 fully saturated rings. The van der Waals surface area contributed by atoms with E-state index in [4.69, 9.17) is 4.74 Å². The first-order chi connectivity index (χ1) is 11.8. The van der Waals surface area contributed by atoms with Crippen LogP contribution in [-0.2, 0) is 19.7 Å². The predicted octanol–water partition coefficient (Wildman–Crippen LogP) is 3.05. The molecule has 0 spiro atoms. The highest BCUT2D eigenvalue weighted by molar-refractivity contribution is 5.31. The molecule has 0 saturated carbocycles. The van der Waals surface area contributed by atoms with Gasteiger partial charge in [0.2, 0.25) is 5.95 Å². The largest absolute Gasteiger partial charge is 0.489 e. The number of nitrogens with zero attached hydrogens (tertiary/aromatic N) is 4. The summed E-state index contributed by atoms with van der Waals surface area (Å²) in [7, 11) is 0. The molecule has 0 aliphatic heterocycles. The van der Waals surface area contributed by atoms with Crippen molar-refractivity contribution in [3.63, 3.8) is 0 Å². The molecular formula is C18H19N5O. The first-order valence-corrected chi connectivity index (χ1v) is 7.72. The molecular weight excluding hydrogens is 302 g/mol. The molecule has 0 aliphatic rings. The summed E-state index contributed by atoms with van der Waals surface area (Å²) in [6, 6.07) is 18.1. The molecule has 0 radical (unpaired) electrons. The lowest BCUT2D eigenvalue weighted by Gasteiger charge is -2.08. The van der Waals surface area contributed by atoms with Crippen LogP contribution >= 0.6 is 0 Å². The van der Waals surface area contributed by atoms with E-state index in [9.17, 15) is 0 Å². The van der Waals surface area contributed by atoms with Crippen molar-refractivity contribution in [2.24, 2.45) is 0 Å². The number of rotatable bonds is 8. The van der Waals surface area contributed by atoms with E-state index < -0.39 is 0 Å². The Hall–Kier alpha value is -3.15. The van der Waals surface area contributed by atoms with E-state index >= 15 is 0 Å². The quantitative estimate of drug-likeness (QED) is 0.646. The van der Waals surface area contributed by atoms with Crippen molar-refractivity contribution in [2.45, 2.75) is 19.7 Å². The van der Waals surface area contributed by atoms with E-state index in [1.807, 2.05) is 54.6 Å². The third kappa shape index (κ3) is 4.19. The van der Waals surface area contributed by atoms with Gasteiger partial charge < -0.3 is 10.1 Å². The van der Waals surface area contributed by atoms with Gasteiger partial charge in [0.15, 0.2) is 0 Å². The van der Waals surface area contributed by atoms with Crippen molar-refractivity contribution in [1.82, 2.24) is 20.2 Å². The number of hydrogen-bond acceptors (Lipinski definition) is 5. The summed E-state index contributed by atoms with van der Waals surface area (Å²) in [5.74, 6) is 1.47. The summed E-state index contributed by atoms with van der Waals surface area (Å²) >= 11 is 0. The molecule has 1 aromatic heterocycles. The molecule has 122 valence electrons. The second kappa shape index (κ2) is 7.92. The van der Waals surface area contributed by atoms with Gasteiger partial charge in [-0.2, -0.15) is 0 Å². The molecule has 24 heavy (non-hydrogen) atoms. The van der Waals surface area contributed by atoms with Gasteiger partial charge in [0.25, 0.3) is 0 Å². The van der Waals surface area contributed by atoms with Crippen LogP contribution in [0.3, 0.4) is 0 Å². The van der Waals surface area contributed by atoms with Crippen LogP contribution < -0.4 is 10.1 Å². The fraction of sp³-hybridized carbons (Fsp3) is 0.167. The summed E-state index contributed by atoms with van der Waals surface area (Å²) in [5.41, 5.74) is 2.27. The van der Waals surface area contributed by atoms with Gasteiger partial charge in [-0.15, -0.1) is 6.58 Å². The maximum absolute atomic E-state index is 5.78. The average Bonchev–Trinajstić information content (AvgIpc) is 3.07. The Balaban J connectivity index is 1.52. The van der Waals surface area contributed by atoms with Crippen LogP contribution in [0, 0.1) is 0 Å². The highest BCUT2D eigenvalue weighted by Gasteiger charge is 2.04. The van der Waals surface area contributed by atoms with Crippen LogP contribution in [-0.4, -0.2) is 20.2 Å². The second-order valence-corrected chi connectivity index (χ2v) is 5.25. The van der Waals surface area contributed by atoms with Gasteiger partial charge in [0.05, 0.1) is 6.54 Å². The number of hydrogen-bond donors (Lipinski definition) is 1. The monoisotopic (exact) mass is 321 g/mol. The molecule has 0 bridgehead atoms. The molecule has 2 aromatic carbocycles. The van der Waals surface area contributed by atoms with Crippen LogP contribution in [0.4, 0.5) is 5.95 Å². The Kier molecular flexibility index (Phi) is 5.19. The fourth-order valence-electron chi connectivity index (χ4n) is 2.20. The third-order valence-electron chi connectivity index (χ3n) is 3.46. The standard InChI is InChI=1S/C18H19N5O/c1-2-12-23-18(20-21-22-23)19-13-15-8-10-17(11-9-15)24-14-16-6-4-3-5-7-16/h2-11H,1,12-14H2,(H,19,20,22).